The first-order valence-electron chi connectivity index (χ1n) is 11.7. The van der Waals surface area contributed by atoms with Crippen LogP contribution in [0.5, 0.6) is 11.5 Å². The van der Waals surface area contributed by atoms with Gasteiger partial charge in [-0.3, -0.25) is 9.59 Å². The quantitative estimate of drug-likeness (QED) is 0.512. The van der Waals surface area contributed by atoms with Gasteiger partial charge >= 0.3 is 0 Å². The van der Waals surface area contributed by atoms with Crippen LogP contribution in [0.2, 0.25) is 0 Å². The molecule has 0 spiro atoms. The van der Waals surface area contributed by atoms with Gasteiger partial charge in [-0.1, -0.05) is 31.2 Å². The Morgan fingerprint density at radius 3 is 2.44 bits per heavy atom. The molecule has 1 aliphatic carbocycles. The molecule has 0 unspecified atom stereocenters. The third kappa shape index (κ3) is 4.12. The van der Waals surface area contributed by atoms with E-state index in [1.165, 1.54) is 0 Å². The summed E-state index contributed by atoms with van der Waals surface area (Å²) in [5.41, 5.74) is 4.93. The van der Waals surface area contributed by atoms with Crippen molar-refractivity contribution in [2.45, 2.75) is 38.5 Å². The van der Waals surface area contributed by atoms with E-state index in [2.05, 4.69) is 10.6 Å². The number of rotatable bonds is 7. The number of anilines is 1. The Bertz CT molecular complexity index is 1250. The summed E-state index contributed by atoms with van der Waals surface area (Å²) in [6.45, 7) is 4.94. The minimum Gasteiger partial charge on any atom is -0.454 e. The fourth-order valence-corrected chi connectivity index (χ4v) is 4.37. The number of nitrogens with one attached hydrogen (secondary N) is 2. The first-order valence-corrected chi connectivity index (χ1v) is 11.7. The Kier molecular flexibility index (Phi) is 5.74. The molecule has 6 heteroatoms. The predicted molar refractivity (Wildman–Crippen MR) is 131 cm³/mol. The number of hydrogen-bond donors (Lipinski definition) is 2. The Labute approximate surface area is 199 Å². The molecule has 6 nitrogen and oxygen atoms in total. The van der Waals surface area contributed by atoms with Gasteiger partial charge in [0.25, 0.3) is 5.91 Å². The molecule has 174 valence electrons. The number of hydrogen-bond acceptors (Lipinski definition) is 4. The van der Waals surface area contributed by atoms with Crippen LogP contribution in [0.4, 0.5) is 5.69 Å². The van der Waals surface area contributed by atoms with Crippen LogP contribution < -0.4 is 20.1 Å². The molecule has 5 rings (SSSR count). The highest BCUT2D eigenvalue weighted by Crippen LogP contribution is 2.51. The van der Waals surface area contributed by atoms with Crippen molar-refractivity contribution < 1.29 is 19.1 Å². The van der Waals surface area contributed by atoms with Crippen molar-refractivity contribution in [3.8, 4) is 22.6 Å². The standard InChI is InChI=1S/C28H28N2O4/c1-3-14-29-26(31)20-7-5-19(6-8-20)23-16-22(10-4-18(23)2)30-27(32)28(12-13-28)21-9-11-24-25(15-21)34-17-33-24/h4-11,15-16H,3,12-14,17H2,1-2H3,(H,29,31)(H,30,32). The zero-order chi connectivity index (χ0) is 23.7. The summed E-state index contributed by atoms with van der Waals surface area (Å²) >= 11 is 0. The first kappa shape index (κ1) is 22.0. The van der Waals surface area contributed by atoms with Crippen LogP contribution in [-0.2, 0) is 10.2 Å². The number of carbonyl (C=O) groups is 2. The van der Waals surface area contributed by atoms with E-state index in [-0.39, 0.29) is 18.6 Å². The van der Waals surface area contributed by atoms with E-state index in [1.807, 2.05) is 74.5 Å². The average Bonchev–Trinajstić information content (AvgIpc) is 3.54. The fourth-order valence-electron chi connectivity index (χ4n) is 4.37. The molecule has 0 saturated heterocycles. The molecule has 3 aromatic rings. The fraction of sp³-hybridized carbons (Fsp3) is 0.286. The van der Waals surface area contributed by atoms with Gasteiger partial charge in [-0.2, -0.15) is 0 Å². The maximum Gasteiger partial charge on any atom is 0.251 e. The molecule has 2 N–H and O–H groups in total. The monoisotopic (exact) mass is 456 g/mol. The van der Waals surface area contributed by atoms with Crippen molar-refractivity contribution in [3.05, 3.63) is 77.4 Å². The van der Waals surface area contributed by atoms with E-state index in [0.717, 1.165) is 53.0 Å². The van der Waals surface area contributed by atoms with Crippen LogP contribution in [0, 0.1) is 6.92 Å². The molecule has 0 atom stereocenters. The highest BCUT2D eigenvalue weighted by Gasteiger charge is 2.51. The number of benzene rings is 3. The molecule has 1 aliphatic heterocycles. The Morgan fingerprint density at radius 2 is 1.71 bits per heavy atom. The Balaban J connectivity index is 1.34. The summed E-state index contributed by atoms with van der Waals surface area (Å²) in [4.78, 5) is 25.5. The second-order valence-electron chi connectivity index (χ2n) is 8.97. The molecular formula is C28H28N2O4. The largest absolute Gasteiger partial charge is 0.454 e. The number of fused-ring (bicyclic) bond motifs is 1. The van der Waals surface area contributed by atoms with Gasteiger partial charge in [0.05, 0.1) is 5.41 Å². The normalized spacial score (nSPS) is 15.0. The van der Waals surface area contributed by atoms with Crippen LogP contribution in [0.15, 0.2) is 60.7 Å². The van der Waals surface area contributed by atoms with E-state index < -0.39 is 5.41 Å². The van der Waals surface area contributed by atoms with Crippen molar-refractivity contribution in [3.63, 3.8) is 0 Å². The van der Waals surface area contributed by atoms with Crippen molar-refractivity contribution in [1.82, 2.24) is 5.32 Å². The third-order valence-corrected chi connectivity index (χ3v) is 6.60. The lowest BCUT2D eigenvalue weighted by Gasteiger charge is -2.17. The molecule has 0 bridgehead atoms. The summed E-state index contributed by atoms with van der Waals surface area (Å²) in [6.07, 6.45) is 2.51. The molecule has 2 amide bonds. The van der Waals surface area contributed by atoms with Crippen LogP contribution in [0.25, 0.3) is 11.1 Å². The van der Waals surface area contributed by atoms with Crippen molar-refractivity contribution in [2.24, 2.45) is 0 Å². The van der Waals surface area contributed by atoms with E-state index in [9.17, 15) is 9.59 Å². The zero-order valence-corrected chi connectivity index (χ0v) is 19.4. The van der Waals surface area contributed by atoms with Crippen molar-refractivity contribution in [2.75, 3.05) is 18.7 Å². The van der Waals surface area contributed by atoms with Crippen LogP contribution in [0.1, 0.15) is 47.7 Å². The van der Waals surface area contributed by atoms with Crippen molar-refractivity contribution in [1.29, 1.82) is 0 Å². The molecule has 1 heterocycles. The molecule has 1 saturated carbocycles. The average molecular weight is 457 g/mol. The molecule has 2 aliphatic rings. The topological polar surface area (TPSA) is 76.7 Å². The SMILES string of the molecule is CCCNC(=O)c1ccc(-c2cc(NC(=O)C3(c4ccc5c(c4)OCO5)CC3)ccc2C)cc1. The molecule has 0 aromatic heterocycles. The molecule has 3 aromatic carbocycles. The first-order chi connectivity index (χ1) is 16.5. The smallest absolute Gasteiger partial charge is 0.251 e. The summed E-state index contributed by atoms with van der Waals surface area (Å²) in [7, 11) is 0. The lowest BCUT2D eigenvalue weighted by atomic mass is 9.94. The van der Waals surface area contributed by atoms with Gasteiger partial charge in [0.15, 0.2) is 11.5 Å². The van der Waals surface area contributed by atoms with E-state index in [0.29, 0.717) is 17.9 Å². The van der Waals surface area contributed by atoms with Gasteiger partial charge in [-0.05, 0) is 84.8 Å². The van der Waals surface area contributed by atoms with Gasteiger partial charge in [0.1, 0.15) is 0 Å². The van der Waals surface area contributed by atoms with E-state index >= 15 is 0 Å². The summed E-state index contributed by atoms with van der Waals surface area (Å²) < 4.78 is 10.9. The molecule has 34 heavy (non-hydrogen) atoms. The third-order valence-electron chi connectivity index (χ3n) is 6.60. The van der Waals surface area contributed by atoms with Gasteiger partial charge in [-0.25, -0.2) is 0 Å². The van der Waals surface area contributed by atoms with Crippen LogP contribution >= 0.6 is 0 Å². The number of amides is 2. The van der Waals surface area contributed by atoms with E-state index in [4.69, 9.17) is 9.47 Å². The number of carbonyl (C=O) groups excluding carboxylic acids is 2. The second kappa shape index (κ2) is 8.86. The Hall–Kier alpha value is -3.80. The molecule has 1 fully saturated rings. The Morgan fingerprint density at radius 1 is 0.941 bits per heavy atom. The summed E-state index contributed by atoms with van der Waals surface area (Å²) in [5, 5.41) is 6.02. The predicted octanol–water partition coefficient (Wildman–Crippen LogP) is 5.20. The molecule has 0 radical (unpaired) electrons. The number of ether oxygens (including phenoxy) is 2. The van der Waals surface area contributed by atoms with Gasteiger partial charge < -0.3 is 20.1 Å². The van der Waals surface area contributed by atoms with E-state index in [1.54, 1.807) is 0 Å². The highest BCUT2D eigenvalue weighted by atomic mass is 16.7. The van der Waals surface area contributed by atoms with Gasteiger partial charge in [0.2, 0.25) is 12.7 Å². The minimum atomic E-state index is -0.528. The lowest BCUT2D eigenvalue weighted by Crippen LogP contribution is -2.27. The maximum atomic E-state index is 13.3. The zero-order valence-electron chi connectivity index (χ0n) is 19.4. The van der Waals surface area contributed by atoms with Gasteiger partial charge in [0, 0.05) is 17.8 Å². The maximum absolute atomic E-state index is 13.3. The summed E-state index contributed by atoms with van der Waals surface area (Å²) in [5.74, 6) is 1.34. The highest BCUT2D eigenvalue weighted by molar-refractivity contribution is 6.02. The lowest BCUT2D eigenvalue weighted by molar-refractivity contribution is -0.118. The van der Waals surface area contributed by atoms with Gasteiger partial charge in [-0.15, -0.1) is 0 Å². The van der Waals surface area contributed by atoms with Crippen molar-refractivity contribution >= 4 is 17.5 Å². The number of aryl methyl sites for hydroxylation is 1. The molecular weight excluding hydrogens is 428 g/mol. The van der Waals surface area contributed by atoms with Crippen LogP contribution in [-0.4, -0.2) is 25.2 Å². The minimum absolute atomic E-state index is 0.0101. The summed E-state index contributed by atoms with van der Waals surface area (Å²) in [6, 6.07) is 19.3. The van der Waals surface area contributed by atoms with Crippen LogP contribution in [0.3, 0.4) is 0 Å². The second-order valence-corrected chi connectivity index (χ2v) is 8.97.